The minimum atomic E-state index is -1.24. The maximum absolute atomic E-state index is 10.0. The average molecular weight is 219 g/mol. The van der Waals surface area contributed by atoms with Crippen molar-refractivity contribution in [3.05, 3.63) is 0 Å². The lowest BCUT2D eigenvalue weighted by atomic mass is 10.2. The van der Waals surface area contributed by atoms with E-state index in [1.54, 1.807) is 0 Å². The molecule has 0 radical (unpaired) electrons. The summed E-state index contributed by atoms with van der Waals surface area (Å²) in [6, 6.07) is 0. The second-order valence-corrected chi connectivity index (χ2v) is 4.73. The molecule has 0 unspecified atom stereocenters. The minimum absolute atomic E-state index is 0.140. The first-order chi connectivity index (χ1) is 4.92. The summed E-state index contributed by atoms with van der Waals surface area (Å²) in [7, 11) is 0. The van der Waals surface area contributed by atoms with Crippen molar-refractivity contribution < 1.29 is 9.90 Å². The van der Waals surface area contributed by atoms with Crippen LogP contribution >= 0.6 is 34.8 Å². The Bertz CT molecular complexity index is 130. The monoisotopic (exact) mass is 218 g/mol. The van der Waals surface area contributed by atoms with Crippen molar-refractivity contribution in [2.45, 2.75) is 29.5 Å². The fourth-order valence-corrected chi connectivity index (χ4v) is 1.00. The number of halogens is 3. The Balaban J connectivity index is 3.22. The molecule has 5 heteroatoms. The highest BCUT2D eigenvalue weighted by atomic mass is 35.6. The number of rotatable bonds is 4. The average Bonchev–Trinajstić information content (AvgIpc) is 1.78. The molecule has 0 aromatic rings. The lowest BCUT2D eigenvalue weighted by Crippen LogP contribution is -2.02. The second-order valence-electron chi connectivity index (χ2n) is 2.22. The molecule has 0 aliphatic heterocycles. The van der Waals surface area contributed by atoms with Gasteiger partial charge in [-0.1, -0.05) is 34.8 Å². The zero-order valence-corrected chi connectivity index (χ0v) is 8.09. The Kier molecular flexibility index (Phi) is 5.23. The van der Waals surface area contributed by atoms with Gasteiger partial charge < -0.3 is 5.11 Å². The molecule has 0 heterocycles. The van der Waals surface area contributed by atoms with Gasteiger partial charge in [0.05, 0.1) is 0 Å². The van der Waals surface area contributed by atoms with Gasteiger partial charge in [0, 0.05) is 6.42 Å². The summed E-state index contributed by atoms with van der Waals surface area (Å²) >= 11 is 16.3. The second kappa shape index (κ2) is 5.07. The van der Waals surface area contributed by atoms with E-state index < -0.39 is 9.76 Å². The minimum Gasteiger partial charge on any atom is -0.481 e. The fourth-order valence-electron chi connectivity index (χ4n) is 0.602. The number of unbranched alkanes of at least 4 members (excludes halogenated alkanes) is 1. The molecule has 0 aromatic heterocycles. The van der Waals surface area contributed by atoms with E-state index in [4.69, 9.17) is 39.9 Å². The summed E-state index contributed by atoms with van der Waals surface area (Å²) in [6.07, 6.45) is 1.73. The molecule has 0 saturated carbocycles. The topological polar surface area (TPSA) is 37.3 Å². The van der Waals surface area contributed by atoms with Gasteiger partial charge in [0.25, 0.3) is 0 Å². The largest absolute Gasteiger partial charge is 0.481 e. The highest BCUT2D eigenvalue weighted by Crippen LogP contribution is 2.31. The summed E-state index contributed by atoms with van der Waals surface area (Å²) < 4.78 is -1.24. The van der Waals surface area contributed by atoms with Gasteiger partial charge in [0.2, 0.25) is 0 Å². The molecule has 0 aliphatic rings. The van der Waals surface area contributed by atoms with E-state index in [1.165, 1.54) is 0 Å². The number of carbonyl (C=O) groups is 1. The van der Waals surface area contributed by atoms with Gasteiger partial charge in [-0.05, 0) is 19.3 Å². The van der Waals surface area contributed by atoms with Crippen LogP contribution in [0.5, 0.6) is 0 Å². The molecule has 0 rings (SSSR count). The Labute approximate surface area is 80.4 Å². The van der Waals surface area contributed by atoms with Crippen LogP contribution in [0.4, 0.5) is 0 Å². The van der Waals surface area contributed by atoms with Crippen LogP contribution in [0.2, 0.25) is 0 Å². The first-order valence-electron chi connectivity index (χ1n) is 3.20. The highest BCUT2D eigenvalue weighted by molar-refractivity contribution is 6.67. The normalized spacial score (nSPS) is 11.5. The van der Waals surface area contributed by atoms with Crippen molar-refractivity contribution in [1.82, 2.24) is 0 Å². The SMILES string of the molecule is O=C(O)CCCCC(Cl)(Cl)Cl. The molecule has 0 amide bonds. The fraction of sp³-hybridized carbons (Fsp3) is 0.833. The molecular formula is C6H9Cl3O2. The number of aliphatic carboxylic acids is 1. The molecule has 0 saturated heterocycles. The molecule has 0 aliphatic carbocycles. The number of alkyl halides is 3. The van der Waals surface area contributed by atoms with Crippen molar-refractivity contribution >= 4 is 40.8 Å². The Morgan fingerprint density at radius 2 is 1.82 bits per heavy atom. The van der Waals surface area contributed by atoms with Crippen LogP contribution in [0, 0.1) is 0 Å². The number of hydrogen-bond donors (Lipinski definition) is 1. The Hall–Kier alpha value is 0.340. The maximum Gasteiger partial charge on any atom is 0.303 e. The van der Waals surface area contributed by atoms with Crippen molar-refractivity contribution in [3.63, 3.8) is 0 Å². The molecule has 0 spiro atoms. The van der Waals surface area contributed by atoms with E-state index >= 15 is 0 Å². The van der Waals surface area contributed by atoms with Gasteiger partial charge in [0.15, 0.2) is 3.79 Å². The van der Waals surface area contributed by atoms with Crippen LogP contribution in [0.1, 0.15) is 25.7 Å². The summed E-state index contributed by atoms with van der Waals surface area (Å²) in [5.74, 6) is -0.811. The van der Waals surface area contributed by atoms with Crippen LogP contribution in [0.25, 0.3) is 0 Å². The van der Waals surface area contributed by atoms with Gasteiger partial charge in [-0.25, -0.2) is 0 Å². The van der Waals surface area contributed by atoms with Crippen molar-refractivity contribution in [1.29, 1.82) is 0 Å². The summed E-state index contributed by atoms with van der Waals surface area (Å²) in [5.41, 5.74) is 0. The van der Waals surface area contributed by atoms with Gasteiger partial charge in [-0.2, -0.15) is 0 Å². The standard InChI is InChI=1S/C6H9Cl3O2/c7-6(8,9)4-2-1-3-5(10)11/h1-4H2,(H,10,11). The van der Waals surface area contributed by atoms with E-state index in [2.05, 4.69) is 0 Å². The van der Waals surface area contributed by atoms with Gasteiger partial charge >= 0.3 is 5.97 Å². The zero-order valence-electron chi connectivity index (χ0n) is 5.82. The van der Waals surface area contributed by atoms with E-state index in [0.717, 1.165) is 0 Å². The van der Waals surface area contributed by atoms with Crippen molar-refractivity contribution in [2.75, 3.05) is 0 Å². The predicted octanol–water partition coefficient (Wildman–Crippen LogP) is 3.00. The predicted molar refractivity (Wildman–Crippen MR) is 46.4 cm³/mol. The highest BCUT2D eigenvalue weighted by Gasteiger charge is 2.18. The molecule has 2 nitrogen and oxygen atoms in total. The van der Waals surface area contributed by atoms with Crippen LogP contribution in [-0.4, -0.2) is 14.9 Å². The summed E-state index contributed by atoms with van der Waals surface area (Å²) in [5, 5.41) is 8.24. The Morgan fingerprint density at radius 1 is 1.27 bits per heavy atom. The van der Waals surface area contributed by atoms with Crippen LogP contribution in [0.3, 0.4) is 0 Å². The molecule has 0 aromatic carbocycles. The quantitative estimate of drug-likeness (QED) is 0.583. The van der Waals surface area contributed by atoms with Crippen molar-refractivity contribution in [3.8, 4) is 0 Å². The van der Waals surface area contributed by atoms with Gasteiger partial charge in [-0.3, -0.25) is 4.79 Å². The molecule has 66 valence electrons. The summed E-state index contributed by atoms with van der Waals surface area (Å²) in [4.78, 5) is 10.0. The summed E-state index contributed by atoms with van der Waals surface area (Å²) in [6.45, 7) is 0. The van der Waals surface area contributed by atoms with Gasteiger partial charge in [-0.15, -0.1) is 0 Å². The molecule has 1 N–H and O–H groups in total. The molecule has 0 atom stereocenters. The third kappa shape index (κ3) is 10.3. The first-order valence-corrected chi connectivity index (χ1v) is 4.34. The van der Waals surface area contributed by atoms with Crippen molar-refractivity contribution in [2.24, 2.45) is 0 Å². The van der Waals surface area contributed by atoms with E-state index in [1.807, 2.05) is 0 Å². The maximum atomic E-state index is 10.0. The third-order valence-corrected chi connectivity index (χ3v) is 1.67. The Morgan fingerprint density at radius 3 is 2.18 bits per heavy atom. The molecular weight excluding hydrogens is 210 g/mol. The van der Waals surface area contributed by atoms with Crippen LogP contribution in [0.15, 0.2) is 0 Å². The third-order valence-electron chi connectivity index (χ3n) is 1.10. The lowest BCUT2D eigenvalue weighted by molar-refractivity contribution is -0.137. The van der Waals surface area contributed by atoms with Gasteiger partial charge in [0.1, 0.15) is 0 Å². The molecule has 0 fully saturated rings. The van der Waals surface area contributed by atoms with Crippen LogP contribution < -0.4 is 0 Å². The van der Waals surface area contributed by atoms with E-state index in [0.29, 0.717) is 19.3 Å². The number of carboxylic acid groups (broad SMARTS) is 1. The molecule has 11 heavy (non-hydrogen) atoms. The number of hydrogen-bond acceptors (Lipinski definition) is 1. The molecule has 0 bridgehead atoms. The van der Waals surface area contributed by atoms with E-state index in [-0.39, 0.29) is 6.42 Å². The smallest absolute Gasteiger partial charge is 0.303 e. The first kappa shape index (κ1) is 11.3. The zero-order chi connectivity index (χ0) is 8.91. The lowest BCUT2D eigenvalue weighted by Gasteiger charge is -2.08. The van der Waals surface area contributed by atoms with E-state index in [9.17, 15) is 4.79 Å². The van der Waals surface area contributed by atoms with Crippen LogP contribution in [-0.2, 0) is 4.79 Å². The number of carboxylic acids is 1.